The Bertz CT molecular complexity index is 555. The number of anilines is 1. The summed E-state index contributed by atoms with van der Waals surface area (Å²) in [5.41, 5.74) is 1.22. The summed E-state index contributed by atoms with van der Waals surface area (Å²) in [5.74, 6) is 2.07. The van der Waals surface area contributed by atoms with Gasteiger partial charge in [-0.15, -0.1) is 0 Å². The largest absolute Gasteiger partial charge is 0.363 e. The summed E-state index contributed by atoms with van der Waals surface area (Å²) in [6.07, 6.45) is 0.828. The fourth-order valence-electron chi connectivity index (χ4n) is 2.04. The molecule has 1 heterocycles. The quantitative estimate of drug-likeness (QED) is 0.824. The van der Waals surface area contributed by atoms with E-state index in [9.17, 15) is 0 Å². The average molecular weight is 290 g/mol. The molecule has 0 saturated heterocycles. The Hall–Kier alpha value is -1.61. The highest BCUT2D eigenvalue weighted by Crippen LogP contribution is 2.20. The minimum Gasteiger partial charge on any atom is -0.363 e. The van der Waals surface area contributed by atoms with Crippen molar-refractivity contribution in [3.8, 4) is 0 Å². The van der Waals surface area contributed by atoms with Gasteiger partial charge in [0.25, 0.3) is 0 Å². The van der Waals surface area contributed by atoms with Crippen molar-refractivity contribution in [1.29, 1.82) is 0 Å². The van der Waals surface area contributed by atoms with Gasteiger partial charge < -0.3 is 5.32 Å². The van der Waals surface area contributed by atoms with Gasteiger partial charge in [-0.3, -0.25) is 0 Å². The maximum atomic E-state index is 6.07. The molecule has 0 saturated carbocycles. The highest BCUT2D eigenvalue weighted by atomic mass is 35.5. The fraction of sp³-hybridized carbons (Fsp3) is 0.375. The Morgan fingerprint density at radius 1 is 1.10 bits per heavy atom. The van der Waals surface area contributed by atoms with E-state index >= 15 is 0 Å². The van der Waals surface area contributed by atoms with Gasteiger partial charge in [-0.05, 0) is 18.4 Å². The lowest BCUT2D eigenvalue weighted by Gasteiger charge is -2.16. The molecule has 2 aromatic rings. The topological polar surface area (TPSA) is 37.8 Å². The second kappa shape index (κ2) is 6.71. The van der Waals surface area contributed by atoms with E-state index in [0.29, 0.717) is 11.1 Å². The van der Waals surface area contributed by atoms with E-state index in [1.165, 1.54) is 5.56 Å². The minimum atomic E-state index is 0.175. The number of aromatic nitrogens is 2. The molecule has 1 aromatic carbocycles. The molecule has 106 valence electrons. The van der Waals surface area contributed by atoms with E-state index in [4.69, 9.17) is 11.6 Å². The van der Waals surface area contributed by atoms with Crippen molar-refractivity contribution in [3.05, 3.63) is 52.9 Å². The van der Waals surface area contributed by atoms with Crippen molar-refractivity contribution >= 4 is 17.4 Å². The van der Waals surface area contributed by atoms with Gasteiger partial charge in [-0.2, -0.15) is 0 Å². The van der Waals surface area contributed by atoms with Gasteiger partial charge in [0.05, 0.1) is 0 Å². The van der Waals surface area contributed by atoms with Crippen LogP contribution in [0.25, 0.3) is 0 Å². The molecule has 0 radical (unpaired) electrons. The molecule has 0 aliphatic carbocycles. The van der Waals surface area contributed by atoms with Gasteiger partial charge >= 0.3 is 0 Å². The van der Waals surface area contributed by atoms with Crippen LogP contribution in [0.1, 0.15) is 38.2 Å². The number of nitrogens with zero attached hydrogens (tertiary/aromatic N) is 2. The van der Waals surface area contributed by atoms with Gasteiger partial charge in [0.15, 0.2) is 0 Å². The van der Waals surface area contributed by atoms with Crippen LogP contribution in [0.2, 0.25) is 5.15 Å². The van der Waals surface area contributed by atoms with Crippen molar-refractivity contribution in [3.63, 3.8) is 0 Å². The summed E-state index contributed by atoms with van der Waals surface area (Å²) in [7, 11) is 0. The first-order chi connectivity index (χ1) is 9.54. The van der Waals surface area contributed by atoms with Crippen LogP contribution in [-0.4, -0.2) is 9.97 Å². The molecule has 3 nitrogen and oxygen atoms in total. The molecule has 2 rings (SSSR count). The number of hydrogen-bond acceptors (Lipinski definition) is 3. The van der Waals surface area contributed by atoms with Gasteiger partial charge in [0, 0.05) is 18.5 Å². The third-order valence-electron chi connectivity index (χ3n) is 3.00. The molecule has 1 atom stereocenters. The van der Waals surface area contributed by atoms with Crippen LogP contribution in [0.4, 0.5) is 5.82 Å². The average Bonchev–Trinajstić information content (AvgIpc) is 2.38. The maximum Gasteiger partial charge on any atom is 0.134 e. The SMILES string of the molecule is CC(C)Cc1nc(Cl)cc(NC(C)c2ccccc2)n1. The highest BCUT2D eigenvalue weighted by Gasteiger charge is 2.09. The molecule has 0 amide bonds. The van der Waals surface area contributed by atoms with E-state index in [1.807, 2.05) is 18.2 Å². The Labute approximate surface area is 125 Å². The summed E-state index contributed by atoms with van der Waals surface area (Å²) in [6, 6.07) is 12.2. The van der Waals surface area contributed by atoms with E-state index in [1.54, 1.807) is 6.07 Å². The number of benzene rings is 1. The first-order valence-corrected chi connectivity index (χ1v) is 7.27. The molecule has 20 heavy (non-hydrogen) atoms. The third kappa shape index (κ3) is 4.20. The lowest BCUT2D eigenvalue weighted by atomic mass is 10.1. The van der Waals surface area contributed by atoms with Crippen LogP contribution >= 0.6 is 11.6 Å². The Morgan fingerprint density at radius 3 is 2.45 bits per heavy atom. The molecule has 0 aliphatic heterocycles. The van der Waals surface area contributed by atoms with Crippen molar-refractivity contribution in [1.82, 2.24) is 9.97 Å². The number of halogens is 1. The van der Waals surface area contributed by atoms with Crippen molar-refractivity contribution < 1.29 is 0 Å². The third-order valence-corrected chi connectivity index (χ3v) is 3.19. The first-order valence-electron chi connectivity index (χ1n) is 6.89. The molecule has 0 spiro atoms. The van der Waals surface area contributed by atoms with E-state index in [-0.39, 0.29) is 6.04 Å². The van der Waals surface area contributed by atoms with Crippen LogP contribution in [0.5, 0.6) is 0 Å². The zero-order chi connectivity index (χ0) is 14.5. The molecule has 1 unspecified atom stereocenters. The second-order valence-corrected chi connectivity index (χ2v) is 5.75. The Morgan fingerprint density at radius 2 is 1.80 bits per heavy atom. The number of nitrogens with one attached hydrogen (secondary N) is 1. The first kappa shape index (κ1) is 14.8. The summed E-state index contributed by atoms with van der Waals surface area (Å²) >= 11 is 6.07. The van der Waals surface area contributed by atoms with Gasteiger partial charge in [-0.25, -0.2) is 9.97 Å². The highest BCUT2D eigenvalue weighted by molar-refractivity contribution is 6.29. The molecule has 0 fully saturated rings. The smallest absolute Gasteiger partial charge is 0.134 e. The van der Waals surface area contributed by atoms with Crippen LogP contribution in [0.15, 0.2) is 36.4 Å². The van der Waals surface area contributed by atoms with Crippen LogP contribution < -0.4 is 5.32 Å². The van der Waals surface area contributed by atoms with Crippen molar-refractivity contribution in [2.24, 2.45) is 5.92 Å². The summed E-state index contributed by atoms with van der Waals surface area (Å²) in [6.45, 7) is 6.39. The maximum absolute atomic E-state index is 6.07. The summed E-state index contributed by atoms with van der Waals surface area (Å²) in [5, 5.41) is 3.86. The van der Waals surface area contributed by atoms with Crippen LogP contribution in [0, 0.1) is 5.92 Å². The molecule has 0 aliphatic rings. The Balaban J connectivity index is 2.14. The predicted octanol–water partition coefficient (Wildman–Crippen LogP) is 4.50. The number of rotatable bonds is 5. The minimum absolute atomic E-state index is 0.175. The van der Waals surface area contributed by atoms with E-state index < -0.39 is 0 Å². The summed E-state index contributed by atoms with van der Waals surface area (Å²) < 4.78 is 0. The van der Waals surface area contributed by atoms with Crippen molar-refractivity contribution in [2.45, 2.75) is 33.2 Å². The fourth-order valence-corrected chi connectivity index (χ4v) is 2.24. The Kier molecular flexibility index (Phi) is 4.96. The van der Waals surface area contributed by atoms with Gasteiger partial charge in [-0.1, -0.05) is 55.8 Å². The lowest BCUT2D eigenvalue weighted by molar-refractivity contribution is 0.620. The standard InChI is InChI=1S/C16H20ClN3/c1-11(2)9-15-19-14(17)10-16(20-15)18-12(3)13-7-5-4-6-8-13/h4-8,10-12H,9H2,1-3H3,(H,18,19,20). The second-order valence-electron chi connectivity index (χ2n) is 5.37. The predicted molar refractivity (Wildman–Crippen MR) is 84.1 cm³/mol. The lowest BCUT2D eigenvalue weighted by Crippen LogP contribution is -2.10. The van der Waals surface area contributed by atoms with Crippen LogP contribution in [-0.2, 0) is 6.42 Å². The molecule has 1 N–H and O–H groups in total. The monoisotopic (exact) mass is 289 g/mol. The molecule has 0 bridgehead atoms. The van der Waals surface area contributed by atoms with Gasteiger partial charge in [0.1, 0.15) is 16.8 Å². The summed E-state index contributed by atoms with van der Waals surface area (Å²) in [4.78, 5) is 8.80. The zero-order valence-electron chi connectivity index (χ0n) is 12.1. The normalized spacial score (nSPS) is 12.4. The van der Waals surface area contributed by atoms with E-state index in [2.05, 4.69) is 48.2 Å². The zero-order valence-corrected chi connectivity index (χ0v) is 12.9. The van der Waals surface area contributed by atoms with Crippen LogP contribution in [0.3, 0.4) is 0 Å². The van der Waals surface area contributed by atoms with Crippen molar-refractivity contribution in [2.75, 3.05) is 5.32 Å². The van der Waals surface area contributed by atoms with E-state index in [0.717, 1.165) is 18.1 Å². The molecular weight excluding hydrogens is 270 g/mol. The molecule has 4 heteroatoms. The number of hydrogen-bond donors (Lipinski definition) is 1. The molecular formula is C16H20ClN3. The molecule has 1 aromatic heterocycles. The van der Waals surface area contributed by atoms with Gasteiger partial charge in [0.2, 0.25) is 0 Å².